The molecule has 1 aromatic carbocycles. The van der Waals surface area contributed by atoms with Crippen LogP contribution in [-0.4, -0.2) is 32.5 Å². The molecule has 1 aromatic rings. The quantitative estimate of drug-likeness (QED) is 0.678. The fraction of sp³-hybridized carbons (Fsp3) is 0.667. The Bertz CT molecular complexity index is 380. The first kappa shape index (κ1) is 16.3. The average molecular weight is 292 g/mol. The lowest BCUT2D eigenvalue weighted by Crippen LogP contribution is -2.35. The third-order valence-electron chi connectivity index (χ3n) is 4.08. The molecule has 1 heterocycles. The van der Waals surface area contributed by atoms with Crippen LogP contribution in [0.5, 0.6) is 5.75 Å². The van der Waals surface area contributed by atoms with Gasteiger partial charge in [-0.1, -0.05) is 38.3 Å². The van der Waals surface area contributed by atoms with Crippen molar-refractivity contribution in [1.82, 2.24) is 0 Å². The first-order valence-electron chi connectivity index (χ1n) is 8.18. The summed E-state index contributed by atoms with van der Waals surface area (Å²) < 4.78 is 17.0. The summed E-state index contributed by atoms with van der Waals surface area (Å²) in [6, 6.07) is 8.26. The second kappa shape index (κ2) is 9.06. The molecule has 1 fully saturated rings. The highest BCUT2D eigenvalue weighted by atomic mass is 16.6. The molecule has 1 aliphatic rings. The van der Waals surface area contributed by atoms with E-state index < -0.39 is 0 Å². The average Bonchev–Trinajstić information content (AvgIpc) is 2.55. The van der Waals surface area contributed by atoms with Gasteiger partial charge in [-0.15, -0.1) is 0 Å². The predicted molar refractivity (Wildman–Crippen MR) is 84.9 cm³/mol. The van der Waals surface area contributed by atoms with E-state index in [1.807, 2.05) is 12.1 Å². The normalized spacial score (nSPS) is 22.2. The van der Waals surface area contributed by atoms with Crippen LogP contribution in [-0.2, 0) is 15.9 Å². The molecule has 118 valence electrons. The summed E-state index contributed by atoms with van der Waals surface area (Å²) in [6.07, 6.45) is 7.55. The highest BCUT2D eigenvalue weighted by molar-refractivity contribution is 5.27. The van der Waals surface area contributed by atoms with Gasteiger partial charge in [-0.2, -0.15) is 0 Å². The first-order chi connectivity index (χ1) is 10.3. The second-order valence-corrected chi connectivity index (χ2v) is 5.79. The van der Waals surface area contributed by atoms with E-state index >= 15 is 0 Å². The number of hydrogen-bond acceptors (Lipinski definition) is 3. The fourth-order valence-corrected chi connectivity index (χ4v) is 2.66. The first-order valence-corrected chi connectivity index (χ1v) is 8.18. The predicted octanol–water partition coefficient (Wildman–Crippen LogP) is 3.99. The van der Waals surface area contributed by atoms with E-state index in [1.165, 1.54) is 24.8 Å². The van der Waals surface area contributed by atoms with Gasteiger partial charge in [-0.05, 0) is 37.0 Å². The molecule has 0 radical (unpaired) electrons. The van der Waals surface area contributed by atoms with Gasteiger partial charge in [0.1, 0.15) is 5.75 Å². The summed E-state index contributed by atoms with van der Waals surface area (Å²) in [5.41, 5.74) is 1.32. The van der Waals surface area contributed by atoms with Crippen LogP contribution in [0.25, 0.3) is 0 Å². The van der Waals surface area contributed by atoms with Crippen LogP contribution in [0.15, 0.2) is 24.3 Å². The molecule has 0 bridgehead atoms. The molecule has 2 rings (SSSR count). The Morgan fingerprint density at radius 1 is 1.00 bits per heavy atom. The van der Waals surface area contributed by atoms with E-state index in [4.69, 9.17) is 14.2 Å². The standard InChI is InChI=1S/C18H28O3/c1-3-4-5-6-17-13-21-18(14-20-17)12-9-15-7-10-16(19-2)11-8-15/h7-8,10-11,17-18H,3-6,9,12-14H2,1-2H3/t17-,18+/m0/s1. The van der Waals surface area contributed by atoms with Crippen LogP contribution >= 0.6 is 0 Å². The van der Waals surface area contributed by atoms with Gasteiger partial charge in [-0.3, -0.25) is 0 Å². The number of benzene rings is 1. The molecule has 0 amide bonds. The Kier molecular flexibility index (Phi) is 7.04. The van der Waals surface area contributed by atoms with Crippen molar-refractivity contribution in [2.45, 2.75) is 57.7 Å². The topological polar surface area (TPSA) is 27.7 Å². The highest BCUT2D eigenvalue weighted by Crippen LogP contribution is 2.18. The van der Waals surface area contributed by atoms with E-state index in [2.05, 4.69) is 19.1 Å². The van der Waals surface area contributed by atoms with Crippen molar-refractivity contribution in [2.24, 2.45) is 0 Å². The lowest BCUT2D eigenvalue weighted by atomic mass is 10.1. The molecule has 0 spiro atoms. The number of methoxy groups -OCH3 is 1. The van der Waals surface area contributed by atoms with E-state index in [0.717, 1.165) is 38.2 Å². The fourth-order valence-electron chi connectivity index (χ4n) is 2.66. The van der Waals surface area contributed by atoms with E-state index in [1.54, 1.807) is 7.11 Å². The number of hydrogen-bond donors (Lipinski definition) is 0. The van der Waals surface area contributed by atoms with Gasteiger partial charge in [-0.25, -0.2) is 0 Å². The molecule has 3 nitrogen and oxygen atoms in total. The van der Waals surface area contributed by atoms with Crippen LogP contribution in [0, 0.1) is 0 Å². The van der Waals surface area contributed by atoms with Crippen molar-refractivity contribution in [3.63, 3.8) is 0 Å². The number of aryl methyl sites for hydroxylation is 1. The lowest BCUT2D eigenvalue weighted by molar-refractivity contribution is -0.136. The van der Waals surface area contributed by atoms with Crippen LogP contribution in [0.3, 0.4) is 0 Å². The Morgan fingerprint density at radius 2 is 1.67 bits per heavy atom. The van der Waals surface area contributed by atoms with E-state index in [0.29, 0.717) is 6.10 Å². The molecule has 1 saturated heterocycles. The lowest BCUT2D eigenvalue weighted by Gasteiger charge is -2.29. The molecule has 21 heavy (non-hydrogen) atoms. The molecule has 0 saturated carbocycles. The Hall–Kier alpha value is -1.06. The van der Waals surface area contributed by atoms with E-state index in [-0.39, 0.29) is 6.10 Å². The van der Waals surface area contributed by atoms with Gasteiger partial charge >= 0.3 is 0 Å². The maximum Gasteiger partial charge on any atom is 0.118 e. The Labute approximate surface area is 128 Å². The third kappa shape index (κ3) is 5.68. The van der Waals surface area contributed by atoms with Crippen LogP contribution in [0.2, 0.25) is 0 Å². The van der Waals surface area contributed by atoms with Gasteiger partial charge < -0.3 is 14.2 Å². The zero-order valence-corrected chi connectivity index (χ0v) is 13.3. The summed E-state index contributed by atoms with van der Waals surface area (Å²) in [5, 5.41) is 0. The van der Waals surface area contributed by atoms with Gasteiger partial charge in [0, 0.05) is 0 Å². The van der Waals surface area contributed by atoms with Crippen LogP contribution in [0.4, 0.5) is 0 Å². The molecule has 0 aromatic heterocycles. The maximum atomic E-state index is 5.94. The summed E-state index contributed by atoms with van der Waals surface area (Å²) >= 11 is 0. The molecular weight excluding hydrogens is 264 g/mol. The second-order valence-electron chi connectivity index (χ2n) is 5.79. The number of rotatable bonds is 8. The minimum atomic E-state index is 0.245. The molecule has 2 atom stereocenters. The maximum absolute atomic E-state index is 5.94. The van der Waals surface area contributed by atoms with Crippen LogP contribution in [0.1, 0.15) is 44.6 Å². The summed E-state index contributed by atoms with van der Waals surface area (Å²) in [4.78, 5) is 0. The van der Waals surface area contributed by atoms with Crippen molar-refractivity contribution < 1.29 is 14.2 Å². The minimum Gasteiger partial charge on any atom is -0.497 e. The van der Waals surface area contributed by atoms with Gasteiger partial charge in [0.2, 0.25) is 0 Å². The molecule has 3 heteroatoms. The monoisotopic (exact) mass is 292 g/mol. The van der Waals surface area contributed by atoms with Crippen molar-refractivity contribution in [3.05, 3.63) is 29.8 Å². The van der Waals surface area contributed by atoms with Crippen molar-refractivity contribution in [3.8, 4) is 5.75 Å². The van der Waals surface area contributed by atoms with E-state index in [9.17, 15) is 0 Å². The largest absolute Gasteiger partial charge is 0.497 e. The molecule has 1 aliphatic heterocycles. The van der Waals surface area contributed by atoms with Crippen molar-refractivity contribution in [1.29, 1.82) is 0 Å². The summed E-state index contributed by atoms with van der Waals surface area (Å²) in [5.74, 6) is 0.908. The third-order valence-corrected chi connectivity index (χ3v) is 4.08. The Balaban J connectivity index is 1.64. The zero-order valence-electron chi connectivity index (χ0n) is 13.3. The van der Waals surface area contributed by atoms with Crippen LogP contribution < -0.4 is 4.74 Å². The van der Waals surface area contributed by atoms with Crippen molar-refractivity contribution >= 4 is 0 Å². The molecule has 0 aliphatic carbocycles. The number of unbranched alkanes of at least 4 members (excludes halogenated alkanes) is 2. The Morgan fingerprint density at radius 3 is 2.24 bits per heavy atom. The highest BCUT2D eigenvalue weighted by Gasteiger charge is 2.21. The molecular formula is C18H28O3. The van der Waals surface area contributed by atoms with Gasteiger partial charge in [0.15, 0.2) is 0 Å². The summed E-state index contributed by atoms with van der Waals surface area (Å²) in [6.45, 7) is 3.73. The van der Waals surface area contributed by atoms with Crippen molar-refractivity contribution in [2.75, 3.05) is 20.3 Å². The molecule has 0 N–H and O–H groups in total. The van der Waals surface area contributed by atoms with Gasteiger partial charge in [0.05, 0.1) is 32.5 Å². The molecule has 0 unspecified atom stereocenters. The zero-order chi connectivity index (χ0) is 14.9. The summed E-state index contributed by atoms with van der Waals surface area (Å²) in [7, 11) is 1.69. The smallest absolute Gasteiger partial charge is 0.118 e. The number of ether oxygens (including phenoxy) is 3. The minimum absolute atomic E-state index is 0.245. The van der Waals surface area contributed by atoms with Gasteiger partial charge in [0.25, 0.3) is 0 Å². The SMILES string of the molecule is CCCCC[C@H]1CO[C@H](CCc2ccc(OC)cc2)CO1.